The fourth-order valence-electron chi connectivity index (χ4n) is 4.45. The third kappa shape index (κ3) is 5.50. The molecule has 0 aliphatic carbocycles. The summed E-state index contributed by atoms with van der Waals surface area (Å²) in [6.45, 7) is 8.41. The molecule has 0 saturated carbocycles. The molecule has 0 bridgehead atoms. The molecule has 4 rings (SSSR count). The number of carbonyl (C=O) groups excluding carboxylic acids is 1. The lowest BCUT2D eigenvalue weighted by Gasteiger charge is -2.31. The van der Waals surface area contributed by atoms with E-state index in [4.69, 9.17) is 28.2 Å². The second-order valence-corrected chi connectivity index (χ2v) is 9.96. The Balaban J connectivity index is 1.86. The first-order chi connectivity index (χ1) is 17.7. The van der Waals surface area contributed by atoms with Crippen LogP contribution in [0, 0.1) is 13.8 Å². The number of anilines is 1. The van der Waals surface area contributed by atoms with E-state index in [-0.39, 0.29) is 16.6 Å². The molecule has 3 aromatic carbocycles. The average Bonchev–Trinajstić information content (AvgIpc) is 2.87. The van der Waals surface area contributed by atoms with Crippen LogP contribution >= 0.6 is 23.2 Å². The number of carbonyl (C=O) groups is 1. The van der Waals surface area contributed by atoms with Crippen LogP contribution < -0.4 is 10.9 Å². The minimum absolute atomic E-state index is 0.173. The van der Waals surface area contributed by atoms with Crippen LogP contribution in [-0.4, -0.2) is 27.0 Å². The highest BCUT2D eigenvalue weighted by Gasteiger charge is 2.27. The lowest BCUT2D eigenvalue weighted by molar-refractivity contribution is 0.188. The van der Waals surface area contributed by atoms with E-state index in [1.54, 1.807) is 33.7 Å². The van der Waals surface area contributed by atoms with Crippen LogP contribution in [0.15, 0.2) is 65.5 Å². The van der Waals surface area contributed by atoms with Crippen molar-refractivity contribution in [1.29, 1.82) is 0 Å². The molecule has 1 unspecified atom stereocenters. The van der Waals surface area contributed by atoms with Crippen molar-refractivity contribution in [2.45, 2.75) is 46.6 Å². The predicted molar refractivity (Wildman–Crippen MR) is 152 cm³/mol. The van der Waals surface area contributed by atoms with Crippen molar-refractivity contribution < 1.29 is 4.79 Å². The van der Waals surface area contributed by atoms with Crippen LogP contribution in [0.1, 0.15) is 49.7 Å². The molecule has 0 saturated heterocycles. The number of unbranched alkanes of at least 4 members (excludes halogenated alkanes) is 1. The van der Waals surface area contributed by atoms with Crippen LogP contribution in [-0.2, 0) is 0 Å². The molecule has 2 amide bonds. The molecule has 6 nitrogen and oxygen atoms in total. The molecule has 1 heterocycles. The predicted octanol–water partition coefficient (Wildman–Crippen LogP) is 7.70. The number of halogens is 2. The van der Waals surface area contributed by atoms with E-state index in [1.165, 1.54) is 0 Å². The first kappa shape index (κ1) is 26.7. The van der Waals surface area contributed by atoms with Gasteiger partial charge < -0.3 is 10.2 Å². The Morgan fingerprint density at radius 2 is 1.84 bits per heavy atom. The zero-order chi connectivity index (χ0) is 26.7. The van der Waals surface area contributed by atoms with Crippen molar-refractivity contribution in [3.8, 4) is 5.69 Å². The van der Waals surface area contributed by atoms with Gasteiger partial charge in [-0.1, -0.05) is 72.4 Å². The Kier molecular flexibility index (Phi) is 8.20. The highest BCUT2D eigenvalue weighted by atomic mass is 35.5. The summed E-state index contributed by atoms with van der Waals surface area (Å²) in [4.78, 5) is 34.1. The number of hydrogen-bond acceptors (Lipinski definition) is 3. The minimum Gasteiger partial charge on any atom is -0.315 e. The number of fused-ring (bicyclic) bond motifs is 1. The summed E-state index contributed by atoms with van der Waals surface area (Å²) in [5.41, 5.74) is 3.62. The van der Waals surface area contributed by atoms with E-state index in [2.05, 4.69) is 12.2 Å². The Morgan fingerprint density at radius 1 is 1.08 bits per heavy atom. The summed E-state index contributed by atoms with van der Waals surface area (Å²) in [6, 6.07) is 17.4. The van der Waals surface area contributed by atoms with Crippen LogP contribution in [0.3, 0.4) is 0 Å². The zero-order valence-electron chi connectivity index (χ0n) is 21.4. The number of nitrogens with zero attached hydrogens (tertiary/aromatic N) is 3. The quantitative estimate of drug-likeness (QED) is 0.263. The fraction of sp³-hybridized carbons (Fsp3) is 0.276. The normalized spacial score (nSPS) is 11.9. The summed E-state index contributed by atoms with van der Waals surface area (Å²) < 4.78 is 1.64. The van der Waals surface area contributed by atoms with Crippen molar-refractivity contribution in [2.75, 3.05) is 11.9 Å². The van der Waals surface area contributed by atoms with Crippen molar-refractivity contribution >= 4 is 45.8 Å². The molecule has 192 valence electrons. The number of urea groups is 1. The second kappa shape index (κ2) is 11.4. The first-order valence-corrected chi connectivity index (χ1v) is 13.1. The number of aryl methyl sites for hydroxylation is 2. The van der Waals surface area contributed by atoms with E-state index in [9.17, 15) is 9.59 Å². The molecule has 0 spiro atoms. The maximum Gasteiger partial charge on any atom is 0.322 e. The molecule has 0 aliphatic rings. The molecular weight excluding hydrogens is 507 g/mol. The van der Waals surface area contributed by atoms with E-state index < -0.39 is 6.04 Å². The number of para-hydroxylation sites is 1. The van der Waals surface area contributed by atoms with E-state index in [0.717, 1.165) is 29.7 Å². The number of amides is 2. The van der Waals surface area contributed by atoms with E-state index in [1.807, 2.05) is 57.2 Å². The van der Waals surface area contributed by atoms with Gasteiger partial charge in [-0.2, -0.15) is 0 Å². The third-order valence-corrected chi connectivity index (χ3v) is 7.26. The zero-order valence-corrected chi connectivity index (χ0v) is 22.9. The number of benzene rings is 3. The molecule has 0 fully saturated rings. The van der Waals surface area contributed by atoms with Gasteiger partial charge in [-0.15, -0.1) is 0 Å². The lowest BCUT2D eigenvalue weighted by atomic mass is 10.1. The van der Waals surface area contributed by atoms with Gasteiger partial charge in [0.2, 0.25) is 0 Å². The molecule has 1 aromatic heterocycles. The molecular formula is C29H30Cl2N4O2. The van der Waals surface area contributed by atoms with Gasteiger partial charge in [0.1, 0.15) is 5.82 Å². The highest BCUT2D eigenvalue weighted by molar-refractivity contribution is 6.43. The average molecular weight is 537 g/mol. The van der Waals surface area contributed by atoms with Crippen LogP contribution in [0.2, 0.25) is 10.0 Å². The van der Waals surface area contributed by atoms with Crippen molar-refractivity contribution in [2.24, 2.45) is 0 Å². The van der Waals surface area contributed by atoms with Gasteiger partial charge >= 0.3 is 6.03 Å². The Hall–Kier alpha value is -3.35. The summed E-state index contributed by atoms with van der Waals surface area (Å²) in [5, 5.41) is 4.05. The maximum atomic E-state index is 13.8. The van der Waals surface area contributed by atoms with Crippen molar-refractivity contribution in [3.63, 3.8) is 0 Å². The largest absolute Gasteiger partial charge is 0.322 e. The number of aromatic nitrogens is 2. The Labute approximate surface area is 226 Å². The van der Waals surface area contributed by atoms with E-state index in [0.29, 0.717) is 34.0 Å². The van der Waals surface area contributed by atoms with E-state index >= 15 is 0 Å². The van der Waals surface area contributed by atoms with Gasteiger partial charge in [0, 0.05) is 6.54 Å². The van der Waals surface area contributed by atoms with Gasteiger partial charge in [-0.05, 0) is 63.1 Å². The maximum absolute atomic E-state index is 13.8. The van der Waals surface area contributed by atoms with Gasteiger partial charge in [-0.3, -0.25) is 9.36 Å². The number of nitrogens with one attached hydrogen (secondary N) is 1. The summed E-state index contributed by atoms with van der Waals surface area (Å²) in [6.07, 6.45) is 1.67. The van der Waals surface area contributed by atoms with Gasteiger partial charge in [0.05, 0.1) is 38.4 Å². The van der Waals surface area contributed by atoms with Crippen LogP contribution in [0.5, 0.6) is 0 Å². The number of rotatable bonds is 7. The summed E-state index contributed by atoms with van der Waals surface area (Å²) in [5.74, 6) is 0.485. The molecule has 0 radical (unpaired) electrons. The fourth-order valence-corrected chi connectivity index (χ4v) is 4.79. The van der Waals surface area contributed by atoms with Gasteiger partial charge in [0.25, 0.3) is 5.56 Å². The highest BCUT2D eigenvalue weighted by Crippen LogP contribution is 2.31. The summed E-state index contributed by atoms with van der Waals surface area (Å²) >= 11 is 12.5. The van der Waals surface area contributed by atoms with Crippen molar-refractivity contribution in [3.05, 3.63) is 98.0 Å². The van der Waals surface area contributed by atoms with Gasteiger partial charge in [-0.25, -0.2) is 9.78 Å². The Morgan fingerprint density at radius 3 is 2.57 bits per heavy atom. The van der Waals surface area contributed by atoms with Crippen LogP contribution in [0.25, 0.3) is 16.6 Å². The molecule has 8 heteroatoms. The smallest absolute Gasteiger partial charge is 0.315 e. The third-order valence-electron chi connectivity index (χ3n) is 6.44. The topological polar surface area (TPSA) is 67.2 Å². The van der Waals surface area contributed by atoms with Crippen molar-refractivity contribution in [1.82, 2.24) is 14.5 Å². The number of hydrogen-bond donors (Lipinski definition) is 1. The lowest BCUT2D eigenvalue weighted by Crippen LogP contribution is -2.40. The summed E-state index contributed by atoms with van der Waals surface area (Å²) in [7, 11) is 0. The standard InChI is InChI=1S/C29H30Cl2N4O2/c1-5-6-16-34(29(37)33-24-13-9-11-22(30)26(24)31)20(4)27-32-23-12-8-7-10-21(23)28(36)35(27)25-15-14-18(2)17-19(25)3/h7-15,17,20H,5-6,16H2,1-4H3,(H,33,37). The second-order valence-electron chi connectivity index (χ2n) is 9.17. The SMILES string of the molecule is CCCCN(C(=O)Nc1cccc(Cl)c1Cl)C(C)c1nc2ccccc2c(=O)n1-c1ccc(C)cc1C. The molecule has 1 atom stereocenters. The monoisotopic (exact) mass is 536 g/mol. The first-order valence-electron chi connectivity index (χ1n) is 12.3. The Bertz CT molecular complexity index is 1520. The molecule has 4 aromatic rings. The molecule has 0 aliphatic heterocycles. The minimum atomic E-state index is -0.525. The van der Waals surface area contributed by atoms with Crippen LogP contribution in [0.4, 0.5) is 10.5 Å². The molecule has 37 heavy (non-hydrogen) atoms. The molecule has 1 N–H and O–H groups in total. The van der Waals surface area contributed by atoms with Gasteiger partial charge in [0.15, 0.2) is 0 Å².